The van der Waals surface area contributed by atoms with Crippen LogP contribution in [-0.4, -0.2) is 41.5 Å². The second-order valence-electron chi connectivity index (χ2n) is 5.46. The number of nitrogens with zero attached hydrogens (tertiary/aromatic N) is 1. The minimum absolute atomic E-state index is 0.00131. The van der Waals surface area contributed by atoms with Crippen LogP contribution in [0.5, 0.6) is 0 Å². The van der Waals surface area contributed by atoms with Gasteiger partial charge in [-0.1, -0.05) is 26.1 Å². The van der Waals surface area contributed by atoms with E-state index in [0.717, 1.165) is 19.4 Å². The van der Waals surface area contributed by atoms with Crippen LogP contribution in [0.25, 0.3) is 0 Å². The summed E-state index contributed by atoms with van der Waals surface area (Å²) in [6.07, 6.45) is 5.65. The van der Waals surface area contributed by atoms with Crippen LogP contribution in [-0.2, 0) is 0 Å². The zero-order valence-electron chi connectivity index (χ0n) is 12.0. The lowest BCUT2D eigenvalue weighted by Crippen LogP contribution is -2.33. The van der Waals surface area contributed by atoms with Crippen molar-refractivity contribution in [3.8, 4) is 0 Å². The fraction of sp³-hybridized carbons (Fsp3) is 0.923. The molecule has 0 rings (SSSR count). The molecule has 1 atom stereocenters. The summed E-state index contributed by atoms with van der Waals surface area (Å²) < 4.78 is 0. The van der Waals surface area contributed by atoms with Crippen LogP contribution < -0.4 is 5.73 Å². The largest absolute Gasteiger partial charge is 0.393 e. The third-order valence-corrected chi connectivity index (χ3v) is 4.67. The van der Waals surface area contributed by atoms with Gasteiger partial charge in [0.25, 0.3) is 0 Å². The molecule has 102 valence electrons. The second-order valence-corrected chi connectivity index (χ2v) is 6.89. The van der Waals surface area contributed by atoms with Crippen molar-refractivity contribution in [2.45, 2.75) is 46.1 Å². The zero-order valence-corrected chi connectivity index (χ0v) is 13.6. The molecular formula is C13H28N2S2. The second kappa shape index (κ2) is 8.33. The van der Waals surface area contributed by atoms with Gasteiger partial charge >= 0.3 is 0 Å². The Hall–Kier alpha value is 0.200. The average molecular weight is 277 g/mol. The Labute approximate surface area is 117 Å². The minimum Gasteiger partial charge on any atom is -0.393 e. The quantitative estimate of drug-likeness (QED) is 0.655. The van der Waals surface area contributed by atoms with E-state index in [1.165, 1.54) is 12.2 Å². The van der Waals surface area contributed by atoms with Crippen LogP contribution in [0.15, 0.2) is 0 Å². The maximum absolute atomic E-state index is 5.73. The summed E-state index contributed by atoms with van der Waals surface area (Å²) in [4.78, 5) is 3.07. The van der Waals surface area contributed by atoms with E-state index in [9.17, 15) is 0 Å². The summed E-state index contributed by atoms with van der Waals surface area (Å²) >= 11 is 7.00. The van der Waals surface area contributed by atoms with E-state index in [2.05, 4.69) is 39.0 Å². The van der Waals surface area contributed by atoms with Crippen molar-refractivity contribution in [1.82, 2.24) is 4.90 Å². The summed E-state index contributed by atoms with van der Waals surface area (Å²) in [7, 11) is 2.21. The van der Waals surface area contributed by atoms with Gasteiger partial charge in [0.15, 0.2) is 0 Å². The number of thiocarbonyl (C=S) groups is 1. The first-order chi connectivity index (χ1) is 7.81. The molecule has 0 bridgehead atoms. The molecule has 0 aromatic heterocycles. The number of hydrogen-bond donors (Lipinski definition) is 1. The Morgan fingerprint density at radius 3 is 2.53 bits per heavy atom. The van der Waals surface area contributed by atoms with E-state index in [1.807, 2.05) is 11.8 Å². The summed E-state index contributed by atoms with van der Waals surface area (Å²) in [6, 6.07) is 0.662. The monoisotopic (exact) mass is 276 g/mol. The highest BCUT2D eigenvalue weighted by Crippen LogP contribution is 2.22. The number of thioether (sulfide) groups is 1. The van der Waals surface area contributed by atoms with Crippen LogP contribution >= 0.6 is 24.0 Å². The lowest BCUT2D eigenvalue weighted by molar-refractivity contribution is 0.240. The van der Waals surface area contributed by atoms with E-state index in [-0.39, 0.29) is 5.41 Å². The van der Waals surface area contributed by atoms with Crippen LogP contribution in [0.2, 0.25) is 0 Å². The van der Waals surface area contributed by atoms with Crippen molar-refractivity contribution >= 4 is 29.0 Å². The first-order valence-corrected chi connectivity index (χ1v) is 8.10. The SMILES string of the molecule is CSCCC(C)N(C)CCCC(C)(C)C(N)=S. The van der Waals surface area contributed by atoms with E-state index < -0.39 is 0 Å². The summed E-state index contributed by atoms with van der Waals surface area (Å²) in [5.74, 6) is 1.24. The maximum Gasteiger partial charge on any atom is 0.0784 e. The molecule has 0 aliphatic rings. The van der Waals surface area contributed by atoms with E-state index in [0.29, 0.717) is 11.0 Å². The van der Waals surface area contributed by atoms with Gasteiger partial charge < -0.3 is 10.6 Å². The molecule has 0 aromatic rings. The fourth-order valence-corrected chi connectivity index (χ4v) is 2.30. The standard InChI is InChI=1S/C13H28N2S2/c1-11(7-10-17-5)15(4)9-6-8-13(2,3)12(14)16/h11H,6-10H2,1-5H3,(H2,14,16). The summed E-state index contributed by atoms with van der Waals surface area (Å²) in [5.41, 5.74) is 5.73. The van der Waals surface area contributed by atoms with Gasteiger partial charge in [0.2, 0.25) is 0 Å². The number of rotatable bonds is 9. The summed E-state index contributed by atoms with van der Waals surface area (Å²) in [6.45, 7) is 7.69. The molecule has 0 fully saturated rings. The van der Waals surface area contributed by atoms with Gasteiger partial charge in [-0.05, 0) is 51.8 Å². The Balaban J connectivity index is 3.84. The van der Waals surface area contributed by atoms with Gasteiger partial charge in [0.1, 0.15) is 0 Å². The first-order valence-electron chi connectivity index (χ1n) is 6.30. The minimum atomic E-state index is -0.00131. The Morgan fingerprint density at radius 1 is 1.47 bits per heavy atom. The molecule has 0 radical (unpaired) electrons. The van der Waals surface area contributed by atoms with Crippen molar-refractivity contribution in [2.75, 3.05) is 25.6 Å². The lowest BCUT2D eigenvalue weighted by Gasteiger charge is -2.27. The van der Waals surface area contributed by atoms with Crippen LogP contribution in [0.1, 0.15) is 40.0 Å². The molecule has 0 saturated heterocycles. The van der Waals surface area contributed by atoms with Gasteiger partial charge in [0.05, 0.1) is 4.99 Å². The van der Waals surface area contributed by atoms with Gasteiger partial charge in [-0.15, -0.1) is 0 Å². The average Bonchev–Trinajstić information content (AvgIpc) is 2.25. The molecular weight excluding hydrogens is 248 g/mol. The Kier molecular flexibility index (Phi) is 8.43. The van der Waals surface area contributed by atoms with Gasteiger partial charge in [-0.25, -0.2) is 0 Å². The van der Waals surface area contributed by atoms with E-state index >= 15 is 0 Å². The van der Waals surface area contributed by atoms with E-state index in [4.69, 9.17) is 18.0 Å². The Bertz CT molecular complexity index is 229. The van der Waals surface area contributed by atoms with Crippen LogP contribution in [0.3, 0.4) is 0 Å². The predicted molar refractivity (Wildman–Crippen MR) is 84.9 cm³/mol. The van der Waals surface area contributed by atoms with E-state index in [1.54, 1.807) is 0 Å². The molecule has 17 heavy (non-hydrogen) atoms. The summed E-state index contributed by atoms with van der Waals surface area (Å²) in [5, 5.41) is 0. The Morgan fingerprint density at radius 2 is 2.06 bits per heavy atom. The van der Waals surface area contributed by atoms with Crippen molar-refractivity contribution in [2.24, 2.45) is 11.1 Å². The fourth-order valence-electron chi connectivity index (χ4n) is 1.62. The first kappa shape index (κ1) is 17.2. The molecule has 0 aromatic carbocycles. The van der Waals surface area contributed by atoms with Crippen LogP contribution in [0, 0.1) is 5.41 Å². The van der Waals surface area contributed by atoms with Crippen molar-refractivity contribution in [3.63, 3.8) is 0 Å². The molecule has 4 heteroatoms. The molecule has 2 nitrogen and oxygen atoms in total. The molecule has 0 heterocycles. The molecule has 0 amide bonds. The topological polar surface area (TPSA) is 29.3 Å². The third-order valence-electron chi connectivity index (χ3n) is 3.47. The molecule has 1 unspecified atom stereocenters. The molecule has 0 spiro atoms. The molecule has 0 aliphatic heterocycles. The molecule has 0 aliphatic carbocycles. The maximum atomic E-state index is 5.73. The van der Waals surface area contributed by atoms with Crippen molar-refractivity contribution in [3.05, 3.63) is 0 Å². The van der Waals surface area contributed by atoms with Gasteiger partial charge in [0, 0.05) is 11.5 Å². The highest BCUT2D eigenvalue weighted by Gasteiger charge is 2.21. The normalized spacial score (nSPS) is 14.0. The number of hydrogen-bond acceptors (Lipinski definition) is 3. The predicted octanol–water partition coefficient (Wildman–Crippen LogP) is 3.15. The zero-order chi connectivity index (χ0) is 13.5. The van der Waals surface area contributed by atoms with Crippen LogP contribution in [0.4, 0.5) is 0 Å². The highest BCUT2D eigenvalue weighted by molar-refractivity contribution is 7.98. The number of nitrogens with two attached hydrogens (primary N) is 1. The highest BCUT2D eigenvalue weighted by atomic mass is 32.2. The van der Waals surface area contributed by atoms with Crippen molar-refractivity contribution < 1.29 is 0 Å². The smallest absolute Gasteiger partial charge is 0.0784 e. The van der Waals surface area contributed by atoms with Crippen molar-refractivity contribution in [1.29, 1.82) is 0 Å². The molecule has 0 saturated carbocycles. The molecule has 2 N–H and O–H groups in total. The third kappa shape index (κ3) is 7.27. The van der Waals surface area contributed by atoms with Gasteiger partial charge in [-0.3, -0.25) is 0 Å². The lowest BCUT2D eigenvalue weighted by atomic mass is 9.88. The van der Waals surface area contributed by atoms with Gasteiger partial charge in [-0.2, -0.15) is 11.8 Å².